The van der Waals surface area contributed by atoms with Gasteiger partial charge in [0.2, 0.25) is 0 Å². The summed E-state index contributed by atoms with van der Waals surface area (Å²) in [6.45, 7) is 3.08. The summed E-state index contributed by atoms with van der Waals surface area (Å²) in [5, 5.41) is 12.0. The monoisotopic (exact) mass is 546 g/mol. The van der Waals surface area contributed by atoms with Gasteiger partial charge in [-0.2, -0.15) is 0 Å². The van der Waals surface area contributed by atoms with E-state index in [9.17, 15) is 14.7 Å². The number of carbonyl (C=O) groups excluding carboxylic acids is 2. The van der Waals surface area contributed by atoms with Gasteiger partial charge in [-0.1, -0.05) is 55.6 Å². The first-order valence-electron chi connectivity index (χ1n) is 13.3. The van der Waals surface area contributed by atoms with E-state index >= 15 is 0 Å². The Balaban J connectivity index is 1.67. The van der Waals surface area contributed by atoms with Gasteiger partial charge < -0.3 is 19.6 Å². The number of nitrogens with zero attached hydrogens (tertiary/aromatic N) is 2. The number of likely N-dealkylation sites (tertiary alicyclic amines) is 1. The molecule has 1 amide bonds. The summed E-state index contributed by atoms with van der Waals surface area (Å²) in [7, 11) is 3.90. The van der Waals surface area contributed by atoms with Crippen molar-refractivity contribution in [1.82, 2.24) is 4.90 Å². The fourth-order valence-corrected chi connectivity index (χ4v) is 4.85. The van der Waals surface area contributed by atoms with Crippen molar-refractivity contribution < 1.29 is 19.4 Å². The number of ether oxygens (including phenoxy) is 1. The number of hydrogen-bond acceptors (Lipinski definition) is 5. The summed E-state index contributed by atoms with van der Waals surface area (Å²) in [6, 6.07) is 21.4. The van der Waals surface area contributed by atoms with Crippen LogP contribution < -0.4 is 9.64 Å². The van der Waals surface area contributed by atoms with Crippen molar-refractivity contribution in [2.24, 2.45) is 0 Å². The lowest BCUT2D eigenvalue weighted by Gasteiger charge is -2.26. The molecule has 1 N–H and O–H groups in total. The molecule has 1 atom stereocenters. The van der Waals surface area contributed by atoms with E-state index in [0.717, 1.165) is 36.1 Å². The molecule has 0 aliphatic carbocycles. The number of rotatable bonds is 11. The smallest absolute Gasteiger partial charge is 0.295 e. The van der Waals surface area contributed by atoms with E-state index in [0.29, 0.717) is 35.9 Å². The molecular formula is C32H35ClN2O4. The Morgan fingerprint density at radius 3 is 2.23 bits per heavy atom. The Morgan fingerprint density at radius 1 is 0.949 bits per heavy atom. The molecule has 0 saturated carbocycles. The van der Waals surface area contributed by atoms with Crippen molar-refractivity contribution in [3.05, 3.63) is 100 Å². The number of carbonyl (C=O) groups is 2. The lowest BCUT2D eigenvalue weighted by atomic mass is 9.95. The third-order valence-corrected chi connectivity index (χ3v) is 7.22. The average molecular weight is 547 g/mol. The fourth-order valence-electron chi connectivity index (χ4n) is 4.72. The summed E-state index contributed by atoms with van der Waals surface area (Å²) in [5.41, 5.74) is 3.30. The highest BCUT2D eigenvalue weighted by Crippen LogP contribution is 2.40. The molecule has 0 spiro atoms. The van der Waals surface area contributed by atoms with Crippen LogP contribution in [0.2, 0.25) is 5.02 Å². The number of Topliss-reactive ketones (excluding diaryl/α,β-unsaturated/α-hetero) is 1. The molecule has 1 unspecified atom stereocenters. The maximum atomic E-state index is 13.4. The molecule has 1 aliphatic rings. The Morgan fingerprint density at radius 2 is 1.62 bits per heavy atom. The molecule has 1 aliphatic heterocycles. The summed E-state index contributed by atoms with van der Waals surface area (Å²) in [6.07, 6.45) is 3.74. The minimum absolute atomic E-state index is 0.0883. The standard InChI is InChI=1S/C32H35ClN2O4/c1-4-5-6-21-39-27-17-11-24(12-18-27)30(36)28-29(23-9-15-26(16-10-23)34(2)3)35(32(38)31(28)37)20-19-22-7-13-25(33)14-8-22/h7-18,29,36H,4-6,19-21H2,1-3H3/b30-28-. The number of aliphatic hydroxyl groups excluding tert-OH is 1. The van der Waals surface area contributed by atoms with Crippen LogP contribution >= 0.6 is 11.6 Å². The van der Waals surface area contributed by atoms with E-state index in [1.54, 1.807) is 41.3 Å². The predicted octanol–water partition coefficient (Wildman–Crippen LogP) is 6.64. The molecule has 4 rings (SSSR count). The van der Waals surface area contributed by atoms with Gasteiger partial charge in [-0.15, -0.1) is 0 Å². The highest BCUT2D eigenvalue weighted by atomic mass is 35.5. The zero-order valence-electron chi connectivity index (χ0n) is 22.7. The van der Waals surface area contributed by atoms with Gasteiger partial charge in [0.25, 0.3) is 11.7 Å². The van der Waals surface area contributed by atoms with Gasteiger partial charge in [0.15, 0.2) is 0 Å². The minimum atomic E-state index is -0.710. The number of halogens is 1. The molecule has 1 saturated heterocycles. The van der Waals surface area contributed by atoms with Crippen molar-refractivity contribution >= 4 is 34.7 Å². The van der Waals surface area contributed by atoms with Gasteiger partial charge in [0.05, 0.1) is 18.2 Å². The number of aliphatic hydroxyl groups is 1. The Labute approximate surface area is 235 Å². The maximum absolute atomic E-state index is 13.4. The summed E-state index contributed by atoms with van der Waals surface area (Å²) < 4.78 is 5.79. The zero-order chi connectivity index (χ0) is 27.9. The van der Waals surface area contributed by atoms with Crippen LogP contribution in [0, 0.1) is 0 Å². The predicted molar refractivity (Wildman–Crippen MR) is 156 cm³/mol. The quantitative estimate of drug-likeness (QED) is 0.126. The first-order chi connectivity index (χ1) is 18.8. The third kappa shape index (κ3) is 6.63. The second-order valence-electron chi connectivity index (χ2n) is 9.93. The summed E-state index contributed by atoms with van der Waals surface area (Å²) in [5.74, 6) is -0.809. The van der Waals surface area contributed by atoms with Gasteiger partial charge >= 0.3 is 0 Å². The van der Waals surface area contributed by atoms with Crippen LogP contribution in [0.15, 0.2) is 78.4 Å². The number of hydrogen-bond donors (Lipinski definition) is 1. The van der Waals surface area contributed by atoms with Gasteiger partial charge in [0.1, 0.15) is 11.5 Å². The Hall–Kier alpha value is -3.77. The van der Waals surface area contributed by atoms with E-state index in [-0.39, 0.29) is 11.3 Å². The van der Waals surface area contributed by atoms with Crippen molar-refractivity contribution in [2.75, 3.05) is 32.1 Å². The summed E-state index contributed by atoms with van der Waals surface area (Å²) in [4.78, 5) is 30.2. The fraction of sp³-hybridized carbons (Fsp3) is 0.312. The van der Waals surface area contributed by atoms with E-state index in [2.05, 4.69) is 6.92 Å². The van der Waals surface area contributed by atoms with E-state index < -0.39 is 17.7 Å². The number of ketones is 1. The average Bonchev–Trinajstić information content (AvgIpc) is 3.20. The van der Waals surface area contributed by atoms with Gasteiger partial charge in [0, 0.05) is 36.9 Å². The van der Waals surface area contributed by atoms with Gasteiger partial charge in [-0.3, -0.25) is 9.59 Å². The largest absolute Gasteiger partial charge is 0.507 e. The van der Waals surface area contributed by atoms with Crippen LogP contribution in [-0.2, 0) is 16.0 Å². The molecular weight excluding hydrogens is 512 g/mol. The van der Waals surface area contributed by atoms with Gasteiger partial charge in [-0.05, 0) is 72.5 Å². The van der Waals surface area contributed by atoms with Crippen molar-refractivity contribution in [3.63, 3.8) is 0 Å². The number of anilines is 1. The lowest BCUT2D eigenvalue weighted by molar-refractivity contribution is -0.139. The first-order valence-corrected chi connectivity index (χ1v) is 13.7. The van der Waals surface area contributed by atoms with Crippen LogP contribution in [0.3, 0.4) is 0 Å². The Kier molecular flexibility index (Phi) is 9.31. The third-order valence-electron chi connectivity index (χ3n) is 6.96. The van der Waals surface area contributed by atoms with Crippen LogP contribution in [0.4, 0.5) is 5.69 Å². The van der Waals surface area contributed by atoms with E-state index in [1.807, 2.05) is 55.4 Å². The lowest BCUT2D eigenvalue weighted by Crippen LogP contribution is -2.31. The van der Waals surface area contributed by atoms with Gasteiger partial charge in [-0.25, -0.2) is 0 Å². The number of benzene rings is 3. The van der Waals surface area contributed by atoms with Crippen molar-refractivity contribution in [1.29, 1.82) is 0 Å². The number of unbranched alkanes of at least 4 members (excludes halogenated alkanes) is 2. The topological polar surface area (TPSA) is 70.1 Å². The molecule has 1 heterocycles. The molecule has 204 valence electrons. The second-order valence-corrected chi connectivity index (χ2v) is 10.4. The molecule has 3 aromatic rings. The van der Waals surface area contributed by atoms with Crippen LogP contribution in [-0.4, -0.2) is 48.9 Å². The normalized spacial score (nSPS) is 16.5. The second kappa shape index (κ2) is 12.9. The van der Waals surface area contributed by atoms with Crippen molar-refractivity contribution in [2.45, 2.75) is 38.6 Å². The highest BCUT2D eigenvalue weighted by Gasteiger charge is 2.45. The molecule has 1 fully saturated rings. The minimum Gasteiger partial charge on any atom is -0.507 e. The molecule has 6 nitrogen and oxygen atoms in total. The molecule has 0 bridgehead atoms. The van der Waals surface area contributed by atoms with E-state index in [4.69, 9.17) is 16.3 Å². The SMILES string of the molecule is CCCCCOc1ccc(/C(O)=C2/C(=O)C(=O)N(CCc3ccc(Cl)cc3)C2c2ccc(N(C)C)cc2)cc1. The number of amides is 1. The molecule has 0 aromatic heterocycles. The molecule has 0 radical (unpaired) electrons. The first kappa shape index (κ1) is 28.2. The molecule has 7 heteroatoms. The zero-order valence-corrected chi connectivity index (χ0v) is 23.4. The maximum Gasteiger partial charge on any atom is 0.295 e. The van der Waals surface area contributed by atoms with Crippen LogP contribution in [0.25, 0.3) is 5.76 Å². The van der Waals surface area contributed by atoms with Crippen LogP contribution in [0.1, 0.15) is 48.9 Å². The summed E-state index contributed by atoms with van der Waals surface area (Å²) >= 11 is 6.02. The van der Waals surface area contributed by atoms with E-state index in [1.165, 1.54) is 0 Å². The van der Waals surface area contributed by atoms with Crippen LogP contribution in [0.5, 0.6) is 5.75 Å². The highest BCUT2D eigenvalue weighted by molar-refractivity contribution is 6.46. The Bertz CT molecular complexity index is 1320. The molecule has 39 heavy (non-hydrogen) atoms. The molecule has 3 aromatic carbocycles. The van der Waals surface area contributed by atoms with Crippen molar-refractivity contribution in [3.8, 4) is 5.75 Å².